The zero-order chi connectivity index (χ0) is 36.0. The topological polar surface area (TPSA) is 48.8 Å². The Hall–Kier alpha value is -7.50. The van der Waals surface area contributed by atoms with Gasteiger partial charge in [-0.25, -0.2) is 9.97 Å². The Labute approximate surface area is 315 Å². The lowest BCUT2D eigenvalue weighted by molar-refractivity contribution is 0.673. The molecular weight excluding hydrogens is 673 g/mol. The third kappa shape index (κ3) is 4.35. The van der Waals surface area contributed by atoms with Crippen LogP contribution in [0.2, 0.25) is 0 Å². The fourth-order valence-electron chi connectivity index (χ4n) is 8.73. The van der Waals surface area contributed by atoms with Crippen molar-refractivity contribution in [3.8, 4) is 34.0 Å². The van der Waals surface area contributed by atoms with E-state index in [1.54, 1.807) is 0 Å². The van der Waals surface area contributed by atoms with Crippen molar-refractivity contribution in [3.63, 3.8) is 0 Å². The Balaban J connectivity index is 1.28. The second-order valence-electron chi connectivity index (χ2n) is 14.2. The number of fused-ring (bicyclic) bond motifs is 12. The highest BCUT2D eigenvalue weighted by atomic mass is 16.3. The first-order valence-corrected chi connectivity index (χ1v) is 18.6. The lowest BCUT2D eigenvalue weighted by atomic mass is 10.1. The molecule has 0 bridgehead atoms. The van der Waals surface area contributed by atoms with Gasteiger partial charge in [-0.15, -0.1) is 0 Å². The van der Waals surface area contributed by atoms with Gasteiger partial charge >= 0.3 is 0 Å². The summed E-state index contributed by atoms with van der Waals surface area (Å²) in [5.74, 6) is 0.625. The molecule has 0 aliphatic carbocycles. The van der Waals surface area contributed by atoms with E-state index in [9.17, 15) is 0 Å². The summed E-state index contributed by atoms with van der Waals surface area (Å²) in [5, 5.41) is 7.68. The van der Waals surface area contributed by atoms with E-state index in [1.807, 2.05) is 18.2 Å². The second kappa shape index (κ2) is 11.5. The van der Waals surface area contributed by atoms with E-state index < -0.39 is 0 Å². The van der Waals surface area contributed by atoms with E-state index in [0.717, 1.165) is 99.0 Å². The molecule has 4 heterocycles. The quantitative estimate of drug-likeness (QED) is 0.183. The summed E-state index contributed by atoms with van der Waals surface area (Å²) in [7, 11) is 0. The molecule has 0 spiro atoms. The van der Waals surface area contributed by atoms with Crippen LogP contribution >= 0.6 is 0 Å². The monoisotopic (exact) mass is 702 g/mol. The minimum absolute atomic E-state index is 0.625. The second-order valence-corrected chi connectivity index (χ2v) is 14.2. The highest BCUT2D eigenvalue weighted by Crippen LogP contribution is 2.45. The Morgan fingerprint density at radius 3 is 1.91 bits per heavy atom. The lowest BCUT2D eigenvalue weighted by Crippen LogP contribution is -2.04. The van der Waals surface area contributed by atoms with Crippen LogP contribution in [0.25, 0.3) is 110 Å². The molecule has 5 heteroatoms. The molecule has 4 aromatic heterocycles. The molecule has 12 aromatic rings. The van der Waals surface area contributed by atoms with Crippen molar-refractivity contribution in [2.24, 2.45) is 0 Å². The summed E-state index contributed by atoms with van der Waals surface area (Å²) in [6.45, 7) is 0. The number of para-hydroxylation sites is 3. The average Bonchev–Trinajstić information content (AvgIpc) is 3.92. The summed E-state index contributed by atoms with van der Waals surface area (Å²) >= 11 is 0. The number of benzene rings is 8. The molecule has 0 atom stereocenters. The zero-order valence-electron chi connectivity index (χ0n) is 29.5. The van der Waals surface area contributed by atoms with Crippen molar-refractivity contribution < 1.29 is 4.42 Å². The van der Waals surface area contributed by atoms with Crippen LogP contribution in [0.5, 0.6) is 0 Å². The van der Waals surface area contributed by atoms with Gasteiger partial charge in [0.05, 0.1) is 38.7 Å². The molecule has 0 aliphatic heterocycles. The molecule has 0 amide bonds. The summed E-state index contributed by atoms with van der Waals surface area (Å²) in [6, 6.07) is 64.1. The number of furan rings is 1. The first-order chi connectivity index (χ1) is 27.3. The predicted octanol–water partition coefficient (Wildman–Crippen LogP) is 13.1. The fourth-order valence-corrected chi connectivity index (χ4v) is 8.73. The number of rotatable bonds is 4. The molecule has 0 radical (unpaired) electrons. The molecule has 0 N–H and O–H groups in total. The standard InChI is InChI=1S/C50H30N4O/c1-3-14-31(15-4-1)33-18-13-19-34(30-33)53-43-29-28-38-36-21-9-12-25-44(36)55-49(38)45(43)40-27-26-37-35-20-8-11-24-42(35)54(47(37)48(40)53)50-51-41-23-10-7-22-39(41)46(52-50)32-16-5-2-6-17-32/h1-30H. The van der Waals surface area contributed by atoms with Gasteiger partial charge in [-0.3, -0.25) is 4.57 Å². The van der Waals surface area contributed by atoms with Crippen LogP contribution in [0.3, 0.4) is 0 Å². The van der Waals surface area contributed by atoms with Gasteiger partial charge in [0.2, 0.25) is 5.95 Å². The third-order valence-electron chi connectivity index (χ3n) is 11.1. The maximum atomic E-state index is 6.77. The van der Waals surface area contributed by atoms with Gasteiger partial charge in [-0.1, -0.05) is 140 Å². The molecular formula is C50H30N4O. The third-order valence-corrected chi connectivity index (χ3v) is 11.1. The van der Waals surface area contributed by atoms with Crippen molar-refractivity contribution in [3.05, 3.63) is 182 Å². The number of hydrogen-bond acceptors (Lipinski definition) is 3. The van der Waals surface area contributed by atoms with Crippen molar-refractivity contribution in [2.45, 2.75) is 0 Å². The largest absolute Gasteiger partial charge is 0.455 e. The van der Waals surface area contributed by atoms with E-state index in [-0.39, 0.29) is 0 Å². The fraction of sp³-hybridized carbons (Fsp3) is 0. The number of aromatic nitrogens is 4. The van der Waals surface area contributed by atoms with Crippen molar-refractivity contribution in [1.82, 2.24) is 19.1 Å². The van der Waals surface area contributed by atoms with E-state index in [1.165, 1.54) is 5.56 Å². The van der Waals surface area contributed by atoms with E-state index >= 15 is 0 Å². The molecule has 0 fully saturated rings. The number of nitrogens with zero attached hydrogens (tertiary/aromatic N) is 4. The Morgan fingerprint density at radius 1 is 0.400 bits per heavy atom. The highest BCUT2D eigenvalue weighted by Gasteiger charge is 2.25. The van der Waals surface area contributed by atoms with E-state index in [0.29, 0.717) is 5.95 Å². The molecule has 0 aliphatic rings. The molecule has 0 saturated heterocycles. The van der Waals surface area contributed by atoms with E-state index in [4.69, 9.17) is 14.4 Å². The molecule has 8 aromatic carbocycles. The zero-order valence-corrected chi connectivity index (χ0v) is 29.5. The van der Waals surface area contributed by atoms with Gasteiger partial charge < -0.3 is 8.98 Å². The maximum Gasteiger partial charge on any atom is 0.235 e. The Kier molecular flexibility index (Phi) is 6.27. The van der Waals surface area contributed by atoms with Crippen LogP contribution in [0.4, 0.5) is 0 Å². The highest BCUT2D eigenvalue weighted by molar-refractivity contribution is 6.29. The molecule has 12 rings (SSSR count). The number of hydrogen-bond donors (Lipinski definition) is 0. The van der Waals surface area contributed by atoms with Gasteiger partial charge in [0.25, 0.3) is 0 Å². The lowest BCUT2D eigenvalue weighted by Gasteiger charge is -2.14. The van der Waals surface area contributed by atoms with Gasteiger partial charge in [0.15, 0.2) is 0 Å². The van der Waals surface area contributed by atoms with Crippen LogP contribution < -0.4 is 0 Å². The first-order valence-electron chi connectivity index (χ1n) is 18.6. The van der Waals surface area contributed by atoms with Crippen LogP contribution in [0.1, 0.15) is 0 Å². The van der Waals surface area contributed by atoms with Gasteiger partial charge in [-0.05, 0) is 53.6 Å². The van der Waals surface area contributed by atoms with Crippen LogP contribution in [0.15, 0.2) is 186 Å². The summed E-state index contributed by atoms with van der Waals surface area (Å²) in [4.78, 5) is 10.8. The van der Waals surface area contributed by atoms with E-state index in [2.05, 4.69) is 173 Å². The maximum absolute atomic E-state index is 6.77. The van der Waals surface area contributed by atoms with Crippen LogP contribution in [0, 0.1) is 0 Å². The molecule has 0 unspecified atom stereocenters. The van der Waals surface area contributed by atoms with Gasteiger partial charge in [0.1, 0.15) is 11.2 Å². The molecule has 5 nitrogen and oxygen atoms in total. The average molecular weight is 703 g/mol. The van der Waals surface area contributed by atoms with Crippen LogP contribution in [-0.4, -0.2) is 19.1 Å². The molecule has 0 saturated carbocycles. The minimum atomic E-state index is 0.625. The smallest absolute Gasteiger partial charge is 0.235 e. The molecule has 55 heavy (non-hydrogen) atoms. The van der Waals surface area contributed by atoms with Crippen molar-refractivity contribution in [1.29, 1.82) is 0 Å². The Bertz CT molecular complexity index is 3480. The first kappa shape index (κ1) is 30.0. The minimum Gasteiger partial charge on any atom is -0.455 e. The summed E-state index contributed by atoms with van der Waals surface area (Å²) in [6.07, 6.45) is 0. The normalized spacial score (nSPS) is 12.0. The van der Waals surface area contributed by atoms with Gasteiger partial charge in [-0.2, -0.15) is 0 Å². The Morgan fingerprint density at radius 2 is 1.05 bits per heavy atom. The van der Waals surface area contributed by atoms with Gasteiger partial charge in [0, 0.05) is 43.6 Å². The van der Waals surface area contributed by atoms with Crippen LogP contribution in [-0.2, 0) is 0 Å². The molecule has 256 valence electrons. The summed E-state index contributed by atoms with van der Waals surface area (Å²) in [5.41, 5.74) is 12.2. The SMILES string of the molecule is c1ccc(-c2cccc(-n3c4ccc5c6ccccc6oc5c4c4ccc5c6ccccc6n(-c6nc(-c7ccccc7)c7ccccc7n6)c5c43)c2)cc1. The van der Waals surface area contributed by atoms with Crippen molar-refractivity contribution in [2.75, 3.05) is 0 Å². The van der Waals surface area contributed by atoms with Crippen molar-refractivity contribution >= 4 is 76.5 Å². The summed E-state index contributed by atoms with van der Waals surface area (Å²) < 4.78 is 11.5. The predicted molar refractivity (Wildman–Crippen MR) is 226 cm³/mol.